The van der Waals surface area contributed by atoms with Crippen LogP contribution < -0.4 is 5.32 Å². The minimum atomic E-state index is -0.911. The Morgan fingerprint density at radius 2 is 1.70 bits per heavy atom. The number of para-hydroxylation sites is 1. The second kappa shape index (κ2) is 8.70. The van der Waals surface area contributed by atoms with E-state index in [1.165, 1.54) is 28.7 Å². The number of thiophene rings is 2. The molecule has 1 aromatic carbocycles. The number of carbonyl (C=O) groups excluding carboxylic acids is 2. The van der Waals surface area contributed by atoms with Gasteiger partial charge in [-0.25, -0.2) is 13.6 Å². The molecule has 3 aromatic rings. The lowest BCUT2D eigenvalue weighted by atomic mass is 10.2. The molecule has 0 saturated carbocycles. The topological polar surface area (TPSA) is 55.4 Å². The van der Waals surface area contributed by atoms with Gasteiger partial charge in [0.25, 0.3) is 5.91 Å². The maximum Gasteiger partial charge on any atom is 0.340 e. The fourth-order valence-corrected chi connectivity index (χ4v) is 3.57. The second-order valence-electron chi connectivity index (χ2n) is 5.27. The van der Waals surface area contributed by atoms with Gasteiger partial charge in [-0.05, 0) is 41.1 Å². The molecule has 8 heteroatoms. The van der Waals surface area contributed by atoms with Gasteiger partial charge in [0, 0.05) is 9.75 Å². The summed E-state index contributed by atoms with van der Waals surface area (Å²) in [5.74, 6) is -3.36. The zero-order valence-electron chi connectivity index (χ0n) is 13.8. The van der Waals surface area contributed by atoms with Crippen molar-refractivity contribution in [3.63, 3.8) is 0 Å². The van der Waals surface area contributed by atoms with Gasteiger partial charge in [0.2, 0.25) is 0 Å². The number of esters is 1. The van der Waals surface area contributed by atoms with Crippen molar-refractivity contribution >= 4 is 51.9 Å². The van der Waals surface area contributed by atoms with E-state index in [0.717, 1.165) is 17.0 Å². The molecule has 1 amide bonds. The van der Waals surface area contributed by atoms with E-state index in [1.54, 1.807) is 18.2 Å². The van der Waals surface area contributed by atoms with Crippen molar-refractivity contribution in [2.45, 2.75) is 0 Å². The zero-order valence-corrected chi connectivity index (χ0v) is 15.4. The van der Waals surface area contributed by atoms with Gasteiger partial charge in [-0.15, -0.1) is 22.7 Å². The van der Waals surface area contributed by atoms with Crippen LogP contribution in [0.4, 0.5) is 14.5 Å². The Hall–Kier alpha value is -2.84. The molecule has 4 nitrogen and oxygen atoms in total. The third-order valence-corrected chi connectivity index (χ3v) is 5.12. The lowest BCUT2D eigenvalue weighted by Gasteiger charge is -2.09. The molecule has 2 heterocycles. The predicted molar refractivity (Wildman–Crippen MR) is 102 cm³/mol. The van der Waals surface area contributed by atoms with Crippen LogP contribution in [0.5, 0.6) is 0 Å². The SMILES string of the molecule is O=C(COC(=O)/C(=C/c1cccs1)c1cccs1)Nc1c(F)cccc1F. The van der Waals surface area contributed by atoms with Crippen molar-refractivity contribution in [2.24, 2.45) is 0 Å². The van der Waals surface area contributed by atoms with Gasteiger partial charge >= 0.3 is 5.97 Å². The van der Waals surface area contributed by atoms with Crippen molar-refractivity contribution in [2.75, 3.05) is 11.9 Å². The second-order valence-corrected chi connectivity index (χ2v) is 7.20. The average molecular weight is 405 g/mol. The molecule has 0 fully saturated rings. The fraction of sp³-hybridized carbons (Fsp3) is 0.0526. The van der Waals surface area contributed by atoms with Crippen LogP contribution in [0, 0.1) is 11.6 Å². The van der Waals surface area contributed by atoms with Gasteiger partial charge in [0.1, 0.15) is 17.3 Å². The summed E-state index contributed by atoms with van der Waals surface area (Å²) in [6.45, 7) is -0.667. The molecule has 0 saturated heterocycles. The molecular formula is C19H13F2NO3S2. The largest absolute Gasteiger partial charge is 0.452 e. The van der Waals surface area contributed by atoms with E-state index in [0.29, 0.717) is 10.5 Å². The van der Waals surface area contributed by atoms with Gasteiger partial charge < -0.3 is 10.1 Å². The molecule has 138 valence electrons. The third kappa shape index (κ3) is 4.87. The van der Waals surface area contributed by atoms with Crippen molar-refractivity contribution < 1.29 is 23.1 Å². The normalized spacial score (nSPS) is 11.3. The number of ether oxygens (including phenoxy) is 1. The summed E-state index contributed by atoms with van der Waals surface area (Å²) >= 11 is 2.81. The Balaban J connectivity index is 1.68. The molecule has 3 rings (SSSR count). The molecule has 0 radical (unpaired) electrons. The lowest BCUT2D eigenvalue weighted by Crippen LogP contribution is -2.22. The van der Waals surface area contributed by atoms with Gasteiger partial charge in [-0.2, -0.15) is 0 Å². The van der Waals surface area contributed by atoms with Gasteiger partial charge in [-0.3, -0.25) is 4.79 Å². The van der Waals surface area contributed by atoms with E-state index < -0.39 is 35.8 Å². The van der Waals surface area contributed by atoms with E-state index in [1.807, 2.05) is 22.9 Å². The summed E-state index contributed by atoms with van der Waals surface area (Å²) in [5, 5.41) is 5.76. The van der Waals surface area contributed by atoms with Crippen LogP contribution in [0.15, 0.2) is 53.2 Å². The van der Waals surface area contributed by atoms with Crippen LogP contribution >= 0.6 is 22.7 Å². The summed E-state index contributed by atoms with van der Waals surface area (Å²) in [6, 6.07) is 10.5. The van der Waals surface area contributed by atoms with Gasteiger partial charge in [0.05, 0.1) is 5.57 Å². The molecule has 27 heavy (non-hydrogen) atoms. The minimum absolute atomic E-state index is 0.303. The molecular weight excluding hydrogens is 392 g/mol. The molecule has 0 bridgehead atoms. The number of halogens is 2. The first-order valence-corrected chi connectivity index (χ1v) is 9.50. The molecule has 0 aliphatic carbocycles. The Morgan fingerprint density at radius 3 is 2.33 bits per heavy atom. The first-order chi connectivity index (χ1) is 13.0. The Kier molecular flexibility index (Phi) is 6.10. The molecule has 0 aliphatic heterocycles. The standard InChI is InChI=1S/C19H13F2NO3S2/c20-14-5-1-6-15(21)18(14)22-17(23)11-25-19(24)13(16-7-3-9-27-16)10-12-4-2-8-26-12/h1-10H,11H2,(H,22,23)/b13-10+. The lowest BCUT2D eigenvalue weighted by molar-refractivity contribution is -0.141. The van der Waals surface area contributed by atoms with Crippen LogP contribution in [0.3, 0.4) is 0 Å². The molecule has 2 aromatic heterocycles. The summed E-state index contributed by atoms with van der Waals surface area (Å²) in [4.78, 5) is 25.9. The van der Waals surface area contributed by atoms with Crippen LogP contribution in [0.1, 0.15) is 9.75 Å². The number of rotatable bonds is 6. The Labute approximate surface area is 161 Å². The van der Waals surface area contributed by atoms with E-state index >= 15 is 0 Å². The number of hydrogen-bond acceptors (Lipinski definition) is 5. The first-order valence-electron chi connectivity index (χ1n) is 7.74. The molecule has 0 unspecified atom stereocenters. The summed E-state index contributed by atoms with van der Waals surface area (Å²) < 4.78 is 32.2. The first kappa shape index (κ1) is 18.9. The molecule has 0 atom stereocenters. The van der Waals surface area contributed by atoms with E-state index in [4.69, 9.17) is 4.74 Å². The highest BCUT2D eigenvalue weighted by molar-refractivity contribution is 7.12. The molecule has 0 aliphatic rings. The predicted octanol–water partition coefficient (Wildman–Crippen LogP) is 4.81. The Morgan fingerprint density at radius 1 is 1.00 bits per heavy atom. The highest BCUT2D eigenvalue weighted by atomic mass is 32.1. The number of hydrogen-bond donors (Lipinski definition) is 1. The zero-order chi connectivity index (χ0) is 19.2. The summed E-state index contributed by atoms with van der Waals surface area (Å²) in [7, 11) is 0. The number of amides is 1. The number of benzene rings is 1. The van der Waals surface area contributed by atoms with Crippen molar-refractivity contribution in [1.29, 1.82) is 0 Å². The minimum Gasteiger partial charge on any atom is -0.452 e. The average Bonchev–Trinajstić information content (AvgIpc) is 3.34. The molecule has 1 N–H and O–H groups in total. The third-order valence-electron chi connectivity index (χ3n) is 3.40. The van der Waals surface area contributed by atoms with E-state index in [-0.39, 0.29) is 0 Å². The highest BCUT2D eigenvalue weighted by Crippen LogP contribution is 2.26. The maximum absolute atomic E-state index is 13.6. The van der Waals surface area contributed by atoms with E-state index in [2.05, 4.69) is 5.32 Å². The van der Waals surface area contributed by atoms with Gasteiger partial charge in [0.15, 0.2) is 6.61 Å². The van der Waals surface area contributed by atoms with Crippen LogP contribution in [0.25, 0.3) is 11.6 Å². The maximum atomic E-state index is 13.6. The van der Waals surface area contributed by atoms with Crippen LogP contribution in [0.2, 0.25) is 0 Å². The smallest absolute Gasteiger partial charge is 0.340 e. The van der Waals surface area contributed by atoms with E-state index in [9.17, 15) is 18.4 Å². The monoisotopic (exact) mass is 405 g/mol. The van der Waals surface area contributed by atoms with Crippen molar-refractivity contribution in [3.8, 4) is 0 Å². The quantitative estimate of drug-likeness (QED) is 0.473. The number of nitrogens with one attached hydrogen (secondary N) is 1. The Bertz CT molecular complexity index is 947. The summed E-state index contributed by atoms with van der Waals surface area (Å²) in [6.07, 6.45) is 1.67. The number of anilines is 1. The fourth-order valence-electron chi connectivity index (χ4n) is 2.18. The summed E-state index contributed by atoms with van der Waals surface area (Å²) in [5.41, 5.74) is -0.275. The number of carbonyl (C=O) groups is 2. The van der Waals surface area contributed by atoms with Crippen molar-refractivity contribution in [3.05, 3.63) is 74.6 Å². The van der Waals surface area contributed by atoms with Crippen LogP contribution in [-0.2, 0) is 14.3 Å². The van der Waals surface area contributed by atoms with Crippen molar-refractivity contribution in [1.82, 2.24) is 0 Å². The van der Waals surface area contributed by atoms with Gasteiger partial charge in [-0.1, -0.05) is 18.2 Å². The van der Waals surface area contributed by atoms with Crippen LogP contribution in [-0.4, -0.2) is 18.5 Å². The highest BCUT2D eigenvalue weighted by Gasteiger charge is 2.18. The molecule has 0 spiro atoms.